The van der Waals surface area contributed by atoms with Crippen LogP contribution in [0.3, 0.4) is 0 Å². The Morgan fingerprint density at radius 2 is 1.75 bits per heavy atom. The highest BCUT2D eigenvalue weighted by molar-refractivity contribution is 8.00. The topological polar surface area (TPSA) is 12.9 Å². The highest BCUT2D eigenvalue weighted by Crippen LogP contribution is 2.38. The van der Waals surface area contributed by atoms with E-state index in [1.54, 1.807) is 24.0 Å². The summed E-state index contributed by atoms with van der Waals surface area (Å²) >= 11 is 1.73. The molecule has 1 aliphatic carbocycles. The first kappa shape index (κ1) is 13.6. The summed E-state index contributed by atoms with van der Waals surface area (Å²) in [7, 11) is 0. The molecular formula is C16H15F2NS. The van der Waals surface area contributed by atoms with Crippen LogP contribution in [0, 0.1) is 11.6 Å². The average molecular weight is 291 g/mol. The van der Waals surface area contributed by atoms with Crippen molar-refractivity contribution in [2.45, 2.75) is 36.0 Å². The second-order valence-corrected chi connectivity index (χ2v) is 6.33. The fraction of sp³-hybridized carbons (Fsp3) is 0.312. The fourth-order valence-electron chi connectivity index (χ4n) is 2.58. The lowest BCUT2D eigenvalue weighted by Crippen LogP contribution is -1.97. The molecule has 1 nitrogen and oxygen atoms in total. The summed E-state index contributed by atoms with van der Waals surface area (Å²) < 4.78 is 26.8. The van der Waals surface area contributed by atoms with Crippen molar-refractivity contribution in [2.75, 3.05) is 0 Å². The van der Waals surface area contributed by atoms with E-state index in [0.29, 0.717) is 10.8 Å². The zero-order valence-corrected chi connectivity index (χ0v) is 11.8. The molecule has 0 saturated heterocycles. The molecular weight excluding hydrogens is 276 g/mol. The molecule has 3 rings (SSSR count). The molecule has 0 N–H and O–H groups in total. The van der Waals surface area contributed by atoms with Gasteiger partial charge in [-0.05, 0) is 36.6 Å². The summed E-state index contributed by atoms with van der Waals surface area (Å²) in [5.41, 5.74) is 1.36. The van der Waals surface area contributed by atoms with Gasteiger partial charge >= 0.3 is 0 Å². The molecule has 1 fully saturated rings. The number of nitrogens with zero attached hydrogens (tertiary/aromatic N) is 1. The van der Waals surface area contributed by atoms with Crippen LogP contribution in [0.15, 0.2) is 41.6 Å². The molecule has 0 bridgehead atoms. The predicted octanol–water partition coefficient (Wildman–Crippen LogP) is 5.06. The van der Waals surface area contributed by atoms with E-state index in [-0.39, 0.29) is 0 Å². The van der Waals surface area contributed by atoms with E-state index in [4.69, 9.17) is 0 Å². The van der Waals surface area contributed by atoms with Crippen LogP contribution in [0.5, 0.6) is 0 Å². The van der Waals surface area contributed by atoms with Crippen LogP contribution in [0.1, 0.15) is 25.7 Å². The normalized spacial score (nSPS) is 15.7. The molecule has 1 aromatic heterocycles. The van der Waals surface area contributed by atoms with E-state index in [0.717, 1.165) is 16.7 Å². The lowest BCUT2D eigenvalue weighted by Gasteiger charge is -2.12. The van der Waals surface area contributed by atoms with Gasteiger partial charge in [-0.25, -0.2) is 13.8 Å². The molecule has 20 heavy (non-hydrogen) atoms. The first-order chi connectivity index (χ1) is 9.72. The summed E-state index contributed by atoms with van der Waals surface area (Å²) in [6.07, 6.45) is 6.63. The maximum absolute atomic E-state index is 13.4. The molecule has 1 saturated carbocycles. The van der Waals surface area contributed by atoms with Crippen molar-refractivity contribution in [3.8, 4) is 11.1 Å². The van der Waals surface area contributed by atoms with Gasteiger partial charge in [0.15, 0.2) is 0 Å². The van der Waals surface area contributed by atoms with Gasteiger partial charge in [0.05, 0.1) is 0 Å². The maximum Gasteiger partial charge on any atom is 0.126 e. The van der Waals surface area contributed by atoms with Gasteiger partial charge in [-0.2, -0.15) is 0 Å². The average Bonchev–Trinajstić information content (AvgIpc) is 2.91. The van der Waals surface area contributed by atoms with Gasteiger partial charge in [-0.1, -0.05) is 18.9 Å². The molecule has 1 aromatic carbocycles. The van der Waals surface area contributed by atoms with Gasteiger partial charge in [0.25, 0.3) is 0 Å². The number of benzene rings is 1. The first-order valence-corrected chi connectivity index (χ1v) is 7.68. The van der Waals surface area contributed by atoms with E-state index in [9.17, 15) is 8.78 Å². The molecule has 1 aliphatic rings. The largest absolute Gasteiger partial charge is 0.249 e. The Hall–Kier alpha value is -1.42. The molecule has 2 aromatic rings. The smallest absolute Gasteiger partial charge is 0.126 e. The SMILES string of the molecule is Fc1cc(F)cc(-c2cccnc2SC2CCCC2)c1. The van der Waals surface area contributed by atoms with E-state index in [1.807, 2.05) is 6.07 Å². The highest BCUT2D eigenvalue weighted by Gasteiger charge is 2.19. The molecule has 4 heteroatoms. The Morgan fingerprint density at radius 1 is 1.05 bits per heavy atom. The Morgan fingerprint density at radius 3 is 2.45 bits per heavy atom. The third-order valence-corrected chi connectivity index (χ3v) is 4.88. The lowest BCUT2D eigenvalue weighted by molar-refractivity contribution is 0.584. The van der Waals surface area contributed by atoms with E-state index in [1.165, 1.54) is 37.8 Å². The van der Waals surface area contributed by atoms with Crippen molar-refractivity contribution in [3.63, 3.8) is 0 Å². The molecule has 0 aliphatic heterocycles. The van der Waals surface area contributed by atoms with Gasteiger partial charge in [-0.3, -0.25) is 0 Å². The van der Waals surface area contributed by atoms with Crippen molar-refractivity contribution in [1.82, 2.24) is 4.98 Å². The molecule has 0 atom stereocenters. The van der Waals surface area contributed by atoms with Crippen molar-refractivity contribution in [1.29, 1.82) is 0 Å². The van der Waals surface area contributed by atoms with Crippen LogP contribution >= 0.6 is 11.8 Å². The van der Waals surface area contributed by atoms with Crippen LogP contribution in [-0.4, -0.2) is 10.2 Å². The van der Waals surface area contributed by atoms with E-state index < -0.39 is 11.6 Å². The first-order valence-electron chi connectivity index (χ1n) is 6.80. The second kappa shape index (κ2) is 5.92. The van der Waals surface area contributed by atoms with Gasteiger partial charge in [0.2, 0.25) is 0 Å². The number of rotatable bonds is 3. The number of halogens is 2. The summed E-state index contributed by atoms with van der Waals surface area (Å²) in [6, 6.07) is 7.29. The minimum Gasteiger partial charge on any atom is -0.249 e. The summed E-state index contributed by atoms with van der Waals surface area (Å²) in [6.45, 7) is 0. The lowest BCUT2D eigenvalue weighted by atomic mass is 10.1. The highest BCUT2D eigenvalue weighted by atomic mass is 32.2. The minimum atomic E-state index is -0.555. The van der Waals surface area contributed by atoms with Crippen molar-refractivity contribution in [3.05, 3.63) is 48.2 Å². The second-order valence-electron chi connectivity index (χ2n) is 5.04. The number of aromatic nitrogens is 1. The molecule has 0 radical (unpaired) electrons. The van der Waals surface area contributed by atoms with Crippen molar-refractivity contribution >= 4 is 11.8 Å². The Labute approximate surface area is 121 Å². The molecule has 0 spiro atoms. The standard InChI is InChI=1S/C16H15F2NS/c17-12-8-11(9-13(18)10-12)15-6-3-7-19-16(15)20-14-4-1-2-5-14/h3,6-10,14H,1-2,4-5H2. The van der Waals surface area contributed by atoms with Crippen LogP contribution < -0.4 is 0 Å². The molecule has 1 heterocycles. The number of pyridine rings is 1. The number of thioether (sulfide) groups is 1. The fourth-order valence-corrected chi connectivity index (χ4v) is 3.90. The molecule has 104 valence electrons. The summed E-state index contributed by atoms with van der Waals surface area (Å²) in [5.74, 6) is -1.11. The van der Waals surface area contributed by atoms with Crippen LogP contribution in [0.4, 0.5) is 8.78 Å². The summed E-state index contributed by atoms with van der Waals surface area (Å²) in [5, 5.41) is 1.44. The molecule has 0 amide bonds. The molecule has 0 unspecified atom stereocenters. The Balaban J connectivity index is 1.95. The van der Waals surface area contributed by atoms with Crippen LogP contribution in [0.25, 0.3) is 11.1 Å². The zero-order valence-electron chi connectivity index (χ0n) is 11.0. The monoisotopic (exact) mass is 291 g/mol. The quantitative estimate of drug-likeness (QED) is 0.783. The van der Waals surface area contributed by atoms with Gasteiger partial charge < -0.3 is 0 Å². The van der Waals surface area contributed by atoms with E-state index in [2.05, 4.69) is 4.98 Å². The minimum absolute atomic E-state index is 0.552. The maximum atomic E-state index is 13.4. The van der Waals surface area contributed by atoms with Gasteiger partial charge in [-0.15, -0.1) is 11.8 Å². The van der Waals surface area contributed by atoms with Crippen molar-refractivity contribution in [2.24, 2.45) is 0 Å². The van der Waals surface area contributed by atoms with Crippen LogP contribution in [0.2, 0.25) is 0 Å². The Kier molecular flexibility index (Phi) is 4.01. The number of hydrogen-bond donors (Lipinski definition) is 0. The van der Waals surface area contributed by atoms with Gasteiger partial charge in [0, 0.05) is 23.1 Å². The van der Waals surface area contributed by atoms with Crippen LogP contribution in [-0.2, 0) is 0 Å². The van der Waals surface area contributed by atoms with Gasteiger partial charge in [0.1, 0.15) is 16.7 Å². The Bertz CT molecular complexity index is 589. The summed E-state index contributed by atoms with van der Waals surface area (Å²) in [4.78, 5) is 4.40. The predicted molar refractivity (Wildman–Crippen MR) is 77.7 cm³/mol. The van der Waals surface area contributed by atoms with Crippen molar-refractivity contribution < 1.29 is 8.78 Å². The third kappa shape index (κ3) is 3.01. The van der Waals surface area contributed by atoms with E-state index >= 15 is 0 Å². The zero-order chi connectivity index (χ0) is 13.9. The number of hydrogen-bond acceptors (Lipinski definition) is 2. The third-order valence-electron chi connectivity index (χ3n) is 3.53.